The van der Waals surface area contributed by atoms with Crippen LogP contribution in [0.4, 0.5) is 0 Å². The summed E-state index contributed by atoms with van der Waals surface area (Å²) in [6.07, 6.45) is 2.65. The summed E-state index contributed by atoms with van der Waals surface area (Å²) in [6, 6.07) is 1.78. The molecule has 0 bridgehead atoms. The van der Waals surface area contributed by atoms with E-state index in [2.05, 4.69) is 4.98 Å². The first kappa shape index (κ1) is 9.42. The second kappa shape index (κ2) is 4.38. The lowest BCUT2D eigenvalue weighted by molar-refractivity contribution is 0.186. The normalized spacial score (nSPS) is 9.54. The van der Waals surface area contributed by atoms with Gasteiger partial charge in [-0.2, -0.15) is 5.26 Å². The number of ether oxygens (including phenoxy) is 1. The lowest BCUT2D eigenvalue weighted by Crippen LogP contribution is -2.24. The van der Waals surface area contributed by atoms with E-state index >= 15 is 0 Å². The fraction of sp³-hybridized carbons (Fsp3) is 0.375. The van der Waals surface area contributed by atoms with Crippen LogP contribution >= 0.6 is 0 Å². The number of methoxy groups -OCH3 is 1. The molecule has 0 spiro atoms. The molecule has 5 heteroatoms. The molecule has 1 heterocycles. The maximum absolute atomic E-state index is 11.4. The Balaban J connectivity index is 2.97. The quantitative estimate of drug-likeness (QED) is 0.642. The molecule has 13 heavy (non-hydrogen) atoms. The first-order chi connectivity index (χ1) is 6.29. The van der Waals surface area contributed by atoms with E-state index in [0.29, 0.717) is 13.2 Å². The summed E-state index contributed by atoms with van der Waals surface area (Å²) in [4.78, 5) is 15.1. The van der Waals surface area contributed by atoms with E-state index < -0.39 is 0 Å². The van der Waals surface area contributed by atoms with Crippen molar-refractivity contribution in [2.45, 2.75) is 6.54 Å². The lowest BCUT2D eigenvalue weighted by atomic mass is 10.4. The van der Waals surface area contributed by atoms with E-state index in [1.54, 1.807) is 13.2 Å². The minimum atomic E-state index is -0.324. The SMILES string of the molecule is COCCn1cncc(C#N)c1=O. The summed E-state index contributed by atoms with van der Waals surface area (Å²) in [7, 11) is 1.55. The van der Waals surface area contributed by atoms with Crippen LogP contribution in [0.5, 0.6) is 0 Å². The van der Waals surface area contributed by atoms with Gasteiger partial charge >= 0.3 is 0 Å². The highest BCUT2D eigenvalue weighted by Gasteiger charge is 2.01. The third-order valence-electron chi connectivity index (χ3n) is 1.56. The van der Waals surface area contributed by atoms with E-state index in [-0.39, 0.29) is 11.1 Å². The predicted octanol–water partition coefficient (Wildman–Crippen LogP) is -0.239. The van der Waals surface area contributed by atoms with Gasteiger partial charge in [0.1, 0.15) is 11.6 Å². The van der Waals surface area contributed by atoms with Crippen LogP contribution < -0.4 is 5.56 Å². The highest BCUT2D eigenvalue weighted by atomic mass is 16.5. The Bertz CT molecular complexity index is 378. The lowest BCUT2D eigenvalue weighted by Gasteiger charge is -2.02. The highest BCUT2D eigenvalue weighted by Crippen LogP contribution is 1.85. The van der Waals surface area contributed by atoms with Crippen LogP contribution in [0.3, 0.4) is 0 Å². The third kappa shape index (κ3) is 2.13. The third-order valence-corrected chi connectivity index (χ3v) is 1.56. The Labute approximate surface area is 75.2 Å². The van der Waals surface area contributed by atoms with Gasteiger partial charge in [0.2, 0.25) is 0 Å². The van der Waals surface area contributed by atoms with E-state index in [1.165, 1.54) is 17.1 Å². The van der Waals surface area contributed by atoms with Crippen molar-refractivity contribution < 1.29 is 4.74 Å². The molecule has 0 radical (unpaired) electrons. The Hall–Kier alpha value is -1.67. The summed E-state index contributed by atoms with van der Waals surface area (Å²) in [5, 5.41) is 8.53. The van der Waals surface area contributed by atoms with Gasteiger partial charge in [-0.15, -0.1) is 0 Å². The minimum absolute atomic E-state index is 0.0543. The van der Waals surface area contributed by atoms with Gasteiger partial charge in [0.05, 0.1) is 25.7 Å². The smallest absolute Gasteiger partial charge is 0.271 e. The number of nitrogens with zero attached hydrogens (tertiary/aromatic N) is 3. The van der Waals surface area contributed by atoms with Crippen LogP contribution in [-0.2, 0) is 11.3 Å². The van der Waals surface area contributed by atoms with Crippen LogP contribution in [0.1, 0.15) is 5.56 Å². The minimum Gasteiger partial charge on any atom is -0.383 e. The van der Waals surface area contributed by atoms with E-state index in [1.807, 2.05) is 0 Å². The van der Waals surface area contributed by atoms with Gasteiger partial charge in [-0.25, -0.2) is 4.98 Å². The van der Waals surface area contributed by atoms with E-state index in [0.717, 1.165) is 0 Å². The molecule has 0 saturated heterocycles. The van der Waals surface area contributed by atoms with Crippen molar-refractivity contribution >= 4 is 0 Å². The molecule has 0 fully saturated rings. The van der Waals surface area contributed by atoms with Gasteiger partial charge in [-0.3, -0.25) is 9.36 Å². The van der Waals surface area contributed by atoms with Crippen molar-refractivity contribution in [3.8, 4) is 6.07 Å². The zero-order chi connectivity index (χ0) is 9.68. The zero-order valence-electron chi connectivity index (χ0n) is 7.23. The Morgan fingerprint density at radius 1 is 1.77 bits per heavy atom. The van der Waals surface area contributed by atoms with Crippen molar-refractivity contribution in [3.05, 3.63) is 28.4 Å². The average molecular weight is 179 g/mol. The first-order valence-corrected chi connectivity index (χ1v) is 3.73. The summed E-state index contributed by atoms with van der Waals surface area (Å²) in [5.41, 5.74) is -0.270. The summed E-state index contributed by atoms with van der Waals surface area (Å²) >= 11 is 0. The molecule has 0 N–H and O–H groups in total. The number of nitriles is 1. The van der Waals surface area contributed by atoms with Crippen LogP contribution in [0.25, 0.3) is 0 Å². The van der Waals surface area contributed by atoms with Crippen molar-refractivity contribution in [1.29, 1.82) is 5.26 Å². The van der Waals surface area contributed by atoms with Crippen molar-refractivity contribution in [2.24, 2.45) is 0 Å². The number of rotatable bonds is 3. The molecule has 0 unspecified atom stereocenters. The van der Waals surface area contributed by atoms with Gasteiger partial charge in [-0.1, -0.05) is 0 Å². The maximum Gasteiger partial charge on any atom is 0.271 e. The Kier molecular flexibility index (Phi) is 3.17. The Morgan fingerprint density at radius 3 is 3.15 bits per heavy atom. The largest absolute Gasteiger partial charge is 0.383 e. The second-order valence-corrected chi connectivity index (χ2v) is 2.41. The number of hydrogen-bond donors (Lipinski definition) is 0. The van der Waals surface area contributed by atoms with Gasteiger partial charge < -0.3 is 4.74 Å². The van der Waals surface area contributed by atoms with Crippen molar-refractivity contribution in [2.75, 3.05) is 13.7 Å². The second-order valence-electron chi connectivity index (χ2n) is 2.41. The predicted molar refractivity (Wildman–Crippen MR) is 45.1 cm³/mol. The summed E-state index contributed by atoms with van der Waals surface area (Å²) in [5.74, 6) is 0. The van der Waals surface area contributed by atoms with Crippen LogP contribution in [0.15, 0.2) is 17.3 Å². The molecular formula is C8H9N3O2. The number of aromatic nitrogens is 2. The van der Waals surface area contributed by atoms with Crippen LogP contribution in [-0.4, -0.2) is 23.3 Å². The maximum atomic E-state index is 11.4. The topological polar surface area (TPSA) is 67.9 Å². The zero-order valence-corrected chi connectivity index (χ0v) is 7.23. The van der Waals surface area contributed by atoms with Crippen molar-refractivity contribution in [3.63, 3.8) is 0 Å². The molecule has 1 rings (SSSR count). The van der Waals surface area contributed by atoms with Gasteiger partial charge in [-0.05, 0) is 0 Å². The standard InChI is InChI=1S/C8H9N3O2/c1-13-3-2-11-6-10-5-7(4-9)8(11)12/h5-6H,2-3H2,1H3. The van der Waals surface area contributed by atoms with Gasteiger partial charge in [0.25, 0.3) is 5.56 Å². The van der Waals surface area contributed by atoms with Gasteiger partial charge in [0, 0.05) is 7.11 Å². The molecule has 0 saturated carbocycles. The molecule has 1 aromatic rings. The molecule has 0 aliphatic heterocycles. The average Bonchev–Trinajstić information content (AvgIpc) is 2.16. The molecule has 0 atom stereocenters. The molecule has 0 aliphatic rings. The highest BCUT2D eigenvalue weighted by molar-refractivity contribution is 5.21. The summed E-state index contributed by atoms with van der Waals surface area (Å²) < 4.78 is 6.15. The fourth-order valence-electron chi connectivity index (χ4n) is 0.876. The number of hydrogen-bond acceptors (Lipinski definition) is 4. The fourth-order valence-corrected chi connectivity index (χ4v) is 0.876. The molecule has 68 valence electrons. The molecule has 5 nitrogen and oxygen atoms in total. The molecule has 0 aromatic carbocycles. The van der Waals surface area contributed by atoms with Crippen LogP contribution in [0.2, 0.25) is 0 Å². The van der Waals surface area contributed by atoms with Gasteiger partial charge in [0.15, 0.2) is 0 Å². The Morgan fingerprint density at radius 2 is 2.54 bits per heavy atom. The van der Waals surface area contributed by atoms with Crippen molar-refractivity contribution in [1.82, 2.24) is 9.55 Å². The summed E-state index contributed by atoms with van der Waals surface area (Å²) in [6.45, 7) is 0.842. The van der Waals surface area contributed by atoms with Crippen LogP contribution in [0, 0.1) is 11.3 Å². The molecule has 0 amide bonds. The molecule has 0 aliphatic carbocycles. The molecular weight excluding hydrogens is 170 g/mol. The monoisotopic (exact) mass is 179 g/mol. The van der Waals surface area contributed by atoms with E-state index in [4.69, 9.17) is 10.00 Å². The molecule has 1 aromatic heterocycles. The first-order valence-electron chi connectivity index (χ1n) is 3.73. The van der Waals surface area contributed by atoms with E-state index in [9.17, 15) is 4.79 Å².